The molecule has 0 aliphatic carbocycles. The van der Waals surface area contributed by atoms with Gasteiger partial charge in [-0.3, -0.25) is 4.79 Å². The average molecular weight is 310 g/mol. The van der Waals surface area contributed by atoms with Crippen LogP contribution in [0.2, 0.25) is 0 Å². The largest absolute Gasteiger partial charge is 0.481 e. The van der Waals surface area contributed by atoms with Crippen molar-refractivity contribution in [1.29, 1.82) is 0 Å². The topological polar surface area (TPSA) is 60.9 Å². The average Bonchev–Trinajstić information content (AvgIpc) is 2.36. The molecule has 1 rings (SSSR count). The first-order valence-corrected chi connectivity index (χ1v) is 6.93. The van der Waals surface area contributed by atoms with Crippen molar-refractivity contribution in [2.24, 2.45) is 5.41 Å². The van der Waals surface area contributed by atoms with Gasteiger partial charge >= 0.3 is 18.2 Å². The van der Waals surface area contributed by atoms with Crippen LogP contribution in [0.25, 0.3) is 0 Å². The fourth-order valence-corrected chi connectivity index (χ4v) is 2.33. The highest BCUT2D eigenvalue weighted by molar-refractivity contribution is 5.77. The fourth-order valence-electron chi connectivity index (χ4n) is 2.33. The number of likely N-dealkylation sites (tertiary alicyclic amines) is 1. The van der Waals surface area contributed by atoms with Gasteiger partial charge in [-0.1, -0.05) is 6.92 Å². The Kier molecular flexibility index (Phi) is 5.47. The van der Waals surface area contributed by atoms with Crippen LogP contribution < -0.4 is 0 Å². The number of hydrogen-bond donors (Lipinski definition) is 1. The van der Waals surface area contributed by atoms with Crippen LogP contribution in [0.15, 0.2) is 0 Å². The van der Waals surface area contributed by atoms with Crippen LogP contribution in [0.5, 0.6) is 0 Å². The minimum absolute atomic E-state index is 0.0328. The van der Waals surface area contributed by atoms with Gasteiger partial charge in [0.25, 0.3) is 0 Å². The number of piperidine rings is 1. The van der Waals surface area contributed by atoms with E-state index in [9.17, 15) is 22.8 Å². The summed E-state index contributed by atoms with van der Waals surface area (Å²) in [4.78, 5) is 25.4. The maximum atomic E-state index is 12.5. The van der Waals surface area contributed by atoms with E-state index < -0.39 is 30.1 Å². The lowest BCUT2D eigenvalue weighted by molar-refractivity contribution is -0.150. The van der Waals surface area contributed by atoms with Crippen LogP contribution in [0.4, 0.5) is 18.0 Å². The number of carbonyl (C=O) groups excluding carboxylic acids is 1. The molecule has 5 nitrogen and oxygen atoms in total. The van der Waals surface area contributed by atoms with Gasteiger partial charge in [0.15, 0.2) is 0 Å². The Hall–Kier alpha value is -1.47. The molecule has 0 spiro atoms. The monoisotopic (exact) mass is 310 g/mol. The van der Waals surface area contributed by atoms with Gasteiger partial charge < -0.3 is 14.9 Å². The van der Waals surface area contributed by atoms with E-state index in [1.54, 1.807) is 13.8 Å². The summed E-state index contributed by atoms with van der Waals surface area (Å²) in [5.41, 5.74) is -0.906. The van der Waals surface area contributed by atoms with Crippen molar-refractivity contribution in [2.45, 2.75) is 39.3 Å². The second-order valence-corrected chi connectivity index (χ2v) is 5.67. The Bertz CT molecular complexity index is 391. The first kappa shape index (κ1) is 17.6. The van der Waals surface area contributed by atoms with Crippen LogP contribution in [-0.4, -0.2) is 59.3 Å². The van der Waals surface area contributed by atoms with E-state index in [1.165, 1.54) is 4.90 Å². The van der Waals surface area contributed by atoms with Crippen LogP contribution in [-0.2, 0) is 4.79 Å². The Labute approximate surface area is 121 Å². The molecule has 1 saturated heterocycles. The van der Waals surface area contributed by atoms with Crippen LogP contribution in [0.3, 0.4) is 0 Å². The highest BCUT2D eigenvalue weighted by atomic mass is 19.4. The maximum absolute atomic E-state index is 12.5. The Morgan fingerprint density at radius 2 is 1.81 bits per heavy atom. The lowest BCUT2D eigenvalue weighted by Gasteiger charge is -2.39. The molecule has 1 aliphatic heterocycles. The lowest BCUT2D eigenvalue weighted by Crippen LogP contribution is -2.52. The van der Waals surface area contributed by atoms with Gasteiger partial charge in [0, 0.05) is 19.6 Å². The molecular formula is C13H21F3N2O3. The Morgan fingerprint density at radius 3 is 2.19 bits per heavy atom. The maximum Gasteiger partial charge on any atom is 0.406 e. The van der Waals surface area contributed by atoms with Crippen molar-refractivity contribution in [1.82, 2.24) is 9.80 Å². The second-order valence-electron chi connectivity index (χ2n) is 5.67. The number of aliphatic carboxylic acids is 1. The summed E-state index contributed by atoms with van der Waals surface area (Å²) in [6.45, 7) is 2.39. The zero-order valence-electron chi connectivity index (χ0n) is 12.2. The van der Waals surface area contributed by atoms with Gasteiger partial charge in [-0.05, 0) is 26.2 Å². The lowest BCUT2D eigenvalue weighted by atomic mass is 9.80. The van der Waals surface area contributed by atoms with E-state index in [4.69, 9.17) is 5.11 Å². The van der Waals surface area contributed by atoms with Crippen molar-refractivity contribution in [3.8, 4) is 0 Å². The molecule has 8 heteroatoms. The van der Waals surface area contributed by atoms with Gasteiger partial charge in [-0.15, -0.1) is 0 Å². The van der Waals surface area contributed by atoms with Crippen molar-refractivity contribution >= 4 is 12.0 Å². The molecular weight excluding hydrogens is 289 g/mol. The normalized spacial score (nSPS) is 18.4. The molecule has 21 heavy (non-hydrogen) atoms. The number of urea groups is 1. The number of hydrogen-bond acceptors (Lipinski definition) is 2. The summed E-state index contributed by atoms with van der Waals surface area (Å²) < 4.78 is 37.5. The van der Waals surface area contributed by atoms with Crippen molar-refractivity contribution < 1.29 is 27.9 Å². The molecule has 0 aromatic heterocycles. The summed E-state index contributed by atoms with van der Waals surface area (Å²) >= 11 is 0. The fraction of sp³-hybridized carbons (Fsp3) is 0.846. The third-order valence-electron chi connectivity index (χ3n) is 3.79. The number of alkyl halides is 3. The van der Waals surface area contributed by atoms with E-state index in [-0.39, 0.29) is 32.5 Å². The number of halogens is 3. The first-order chi connectivity index (χ1) is 9.59. The highest BCUT2D eigenvalue weighted by Crippen LogP contribution is 2.31. The van der Waals surface area contributed by atoms with Gasteiger partial charge in [0.2, 0.25) is 0 Å². The second kappa shape index (κ2) is 6.53. The number of amides is 2. The van der Waals surface area contributed by atoms with Gasteiger partial charge in [0.05, 0.1) is 5.41 Å². The number of nitrogens with zero attached hydrogens (tertiary/aromatic N) is 2. The predicted molar refractivity (Wildman–Crippen MR) is 69.9 cm³/mol. The van der Waals surface area contributed by atoms with Crippen molar-refractivity contribution in [3.05, 3.63) is 0 Å². The number of carboxylic acids is 1. The molecule has 0 aromatic carbocycles. The van der Waals surface area contributed by atoms with Crippen LogP contribution in [0, 0.1) is 5.41 Å². The zero-order valence-corrected chi connectivity index (χ0v) is 12.2. The zero-order chi connectivity index (χ0) is 16.3. The Balaban J connectivity index is 2.67. The molecule has 1 N–H and O–H groups in total. The van der Waals surface area contributed by atoms with E-state index in [0.717, 1.165) is 4.90 Å². The van der Waals surface area contributed by atoms with Gasteiger partial charge in [-0.2, -0.15) is 13.2 Å². The van der Waals surface area contributed by atoms with E-state index >= 15 is 0 Å². The molecule has 0 aromatic rings. The van der Waals surface area contributed by atoms with E-state index in [2.05, 4.69) is 0 Å². The number of rotatable bonds is 4. The highest BCUT2D eigenvalue weighted by Gasteiger charge is 2.40. The molecule has 0 saturated carbocycles. The number of carboxylic acid groups (broad SMARTS) is 1. The summed E-state index contributed by atoms with van der Waals surface area (Å²) in [6.07, 6.45) is -3.50. The third-order valence-corrected chi connectivity index (χ3v) is 3.79. The Morgan fingerprint density at radius 1 is 1.29 bits per heavy atom. The molecule has 122 valence electrons. The third kappa shape index (κ3) is 4.78. The molecule has 0 radical (unpaired) electrons. The minimum atomic E-state index is -4.43. The molecule has 0 atom stereocenters. The van der Waals surface area contributed by atoms with E-state index in [0.29, 0.717) is 6.42 Å². The van der Waals surface area contributed by atoms with Gasteiger partial charge in [-0.25, -0.2) is 4.79 Å². The van der Waals surface area contributed by atoms with Gasteiger partial charge in [0.1, 0.15) is 6.54 Å². The smallest absolute Gasteiger partial charge is 0.406 e. The first-order valence-electron chi connectivity index (χ1n) is 6.93. The standard InChI is InChI=1S/C13H21F3N2O3/c1-3-6-18(9-13(14,15)16)11(21)17-7-4-12(2,5-8-17)10(19)20/h3-9H2,1-2H3,(H,19,20). The molecule has 2 amide bonds. The van der Waals surface area contributed by atoms with Crippen LogP contribution >= 0.6 is 0 Å². The summed E-state index contributed by atoms with van der Waals surface area (Å²) in [6, 6.07) is -0.665. The molecule has 0 bridgehead atoms. The SMILES string of the molecule is CCCN(CC(F)(F)F)C(=O)N1CCC(C)(C(=O)O)CC1. The molecule has 1 aliphatic rings. The predicted octanol–water partition coefficient (Wildman–Crippen LogP) is 2.57. The molecule has 1 heterocycles. The van der Waals surface area contributed by atoms with E-state index in [1.807, 2.05) is 0 Å². The molecule has 1 fully saturated rings. The minimum Gasteiger partial charge on any atom is -0.481 e. The molecule has 0 unspecified atom stereocenters. The van der Waals surface area contributed by atoms with Crippen LogP contribution in [0.1, 0.15) is 33.1 Å². The van der Waals surface area contributed by atoms with Crippen molar-refractivity contribution in [2.75, 3.05) is 26.2 Å². The summed E-state index contributed by atoms with van der Waals surface area (Å²) in [5.74, 6) is -0.935. The summed E-state index contributed by atoms with van der Waals surface area (Å²) in [7, 11) is 0. The number of carbonyl (C=O) groups is 2. The van der Waals surface area contributed by atoms with Crippen molar-refractivity contribution in [3.63, 3.8) is 0 Å². The quantitative estimate of drug-likeness (QED) is 0.868. The summed E-state index contributed by atoms with van der Waals surface area (Å²) in [5, 5.41) is 9.11.